The molecule has 0 fully saturated rings. The molecule has 0 aromatic heterocycles. The van der Waals surface area contributed by atoms with Gasteiger partial charge in [0.15, 0.2) is 0 Å². The summed E-state index contributed by atoms with van der Waals surface area (Å²) in [6, 6.07) is 0. The van der Waals surface area contributed by atoms with Crippen LogP contribution in [0.2, 0.25) is 0 Å². The molecule has 0 aromatic rings. The number of ether oxygens (including phenoxy) is 1. The number of carbonyl (C=O) groups is 1. The van der Waals surface area contributed by atoms with Gasteiger partial charge in [0.25, 0.3) is 0 Å². The summed E-state index contributed by atoms with van der Waals surface area (Å²) in [5.41, 5.74) is 0.181. The Balaban J connectivity index is 4.00. The maximum absolute atomic E-state index is 11.7. The second-order valence-corrected chi connectivity index (χ2v) is 6.24. The van der Waals surface area contributed by atoms with E-state index in [0.717, 1.165) is 25.7 Å². The first-order valence-electron chi connectivity index (χ1n) is 8.34. The Bertz CT molecular complexity index is 283. The summed E-state index contributed by atoms with van der Waals surface area (Å²) in [7, 11) is 0. The Labute approximate surface area is 126 Å². The van der Waals surface area contributed by atoms with Gasteiger partial charge in [-0.25, -0.2) is 4.79 Å². The summed E-state index contributed by atoms with van der Waals surface area (Å²) in [5.74, 6) is -0.246. The van der Waals surface area contributed by atoms with E-state index in [9.17, 15) is 4.79 Å². The number of hydrogen-bond donors (Lipinski definition) is 0. The van der Waals surface area contributed by atoms with Crippen molar-refractivity contribution in [3.63, 3.8) is 0 Å². The SMILES string of the molecule is C=C(C)C(=O)OC(C)(CCC)CCCCCCCCC. The summed E-state index contributed by atoms with van der Waals surface area (Å²) in [6.07, 6.45) is 12.0. The zero-order valence-corrected chi connectivity index (χ0v) is 14.1. The van der Waals surface area contributed by atoms with Crippen molar-refractivity contribution >= 4 is 5.97 Å². The van der Waals surface area contributed by atoms with Crippen LogP contribution in [-0.4, -0.2) is 11.6 Å². The highest BCUT2D eigenvalue weighted by Gasteiger charge is 2.27. The van der Waals surface area contributed by atoms with Gasteiger partial charge in [0.1, 0.15) is 5.60 Å². The van der Waals surface area contributed by atoms with Crippen molar-refractivity contribution < 1.29 is 9.53 Å². The van der Waals surface area contributed by atoms with Gasteiger partial charge < -0.3 is 4.74 Å². The molecule has 0 aliphatic carbocycles. The largest absolute Gasteiger partial charge is 0.456 e. The van der Waals surface area contributed by atoms with Crippen LogP contribution in [0.5, 0.6) is 0 Å². The maximum Gasteiger partial charge on any atom is 0.333 e. The Morgan fingerprint density at radius 2 is 1.50 bits per heavy atom. The van der Waals surface area contributed by atoms with Crippen LogP contribution in [0.25, 0.3) is 0 Å². The quantitative estimate of drug-likeness (QED) is 0.257. The summed E-state index contributed by atoms with van der Waals surface area (Å²) >= 11 is 0. The van der Waals surface area contributed by atoms with Crippen molar-refractivity contribution in [2.75, 3.05) is 0 Å². The fourth-order valence-electron chi connectivity index (χ4n) is 2.52. The van der Waals surface area contributed by atoms with Crippen LogP contribution in [0.1, 0.15) is 91.9 Å². The van der Waals surface area contributed by atoms with E-state index in [-0.39, 0.29) is 11.6 Å². The van der Waals surface area contributed by atoms with Crippen LogP contribution < -0.4 is 0 Å². The van der Waals surface area contributed by atoms with Gasteiger partial charge in [-0.1, -0.05) is 65.4 Å². The molecule has 1 unspecified atom stereocenters. The third-order valence-corrected chi connectivity index (χ3v) is 3.78. The van der Waals surface area contributed by atoms with Crippen LogP contribution >= 0.6 is 0 Å². The molecule has 0 aromatic carbocycles. The van der Waals surface area contributed by atoms with Crippen LogP contribution in [-0.2, 0) is 9.53 Å². The Morgan fingerprint density at radius 3 is 2.00 bits per heavy atom. The minimum atomic E-state index is -0.311. The van der Waals surface area contributed by atoms with Gasteiger partial charge in [-0.2, -0.15) is 0 Å². The molecule has 0 saturated heterocycles. The molecule has 0 aliphatic rings. The average Bonchev–Trinajstić information content (AvgIpc) is 2.37. The number of esters is 1. The molecule has 2 heteroatoms. The molecule has 20 heavy (non-hydrogen) atoms. The third kappa shape index (κ3) is 9.17. The second kappa shape index (κ2) is 10.9. The van der Waals surface area contributed by atoms with Crippen LogP contribution in [0.4, 0.5) is 0 Å². The number of carbonyl (C=O) groups excluding carboxylic acids is 1. The van der Waals surface area contributed by atoms with Gasteiger partial charge >= 0.3 is 5.97 Å². The molecule has 2 nitrogen and oxygen atoms in total. The lowest BCUT2D eigenvalue weighted by Gasteiger charge is -2.29. The minimum absolute atomic E-state index is 0.246. The molecule has 0 spiro atoms. The van der Waals surface area contributed by atoms with Crippen molar-refractivity contribution in [2.45, 2.75) is 97.5 Å². The van der Waals surface area contributed by atoms with Crippen molar-refractivity contribution in [3.8, 4) is 0 Å². The molecular formula is C18H34O2. The summed E-state index contributed by atoms with van der Waals surface area (Å²) < 4.78 is 5.65. The van der Waals surface area contributed by atoms with Crippen molar-refractivity contribution in [2.24, 2.45) is 0 Å². The third-order valence-electron chi connectivity index (χ3n) is 3.78. The number of rotatable bonds is 12. The zero-order valence-electron chi connectivity index (χ0n) is 14.1. The van der Waals surface area contributed by atoms with Gasteiger partial charge in [-0.05, 0) is 33.1 Å². The van der Waals surface area contributed by atoms with E-state index < -0.39 is 0 Å². The first-order valence-corrected chi connectivity index (χ1v) is 8.34. The predicted molar refractivity (Wildman–Crippen MR) is 86.8 cm³/mol. The van der Waals surface area contributed by atoms with E-state index in [0.29, 0.717) is 5.57 Å². The maximum atomic E-state index is 11.7. The fourth-order valence-corrected chi connectivity index (χ4v) is 2.52. The molecule has 0 radical (unpaired) electrons. The zero-order chi connectivity index (χ0) is 15.4. The fraction of sp³-hybridized carbons (Fsp3) is 0.833. The first-order chi connectivity index (χ1) is 9.45. The topological polar surface area (TPSA) is 26.3 Å². The summed E-state index contributed by atoms with van der Waals surface area (Å²) in [4.78, 5) is 11.7. The van der Waals surface area contributed by atoms with Gasteiger partial charge in [0, 0.05) is 5.57 Å². The van der Waals surface area contributed by atoms with E-state index in [1.54, 1.807) is 6.92 Å². The molecule has 118 valence electrons. The van der Waals surface area contributed by atoms with Gasteiger partial charge in [-0.3, -0.25) is 0 Å². The predicted octanol–water partition coefficient (Wildman–Crippen LogP) is 5.81. The standard InChI is InChI=1S/C18H34O2/c1-6-8-9-10-11-12-13-15-18(5,14-7-2)20-17(19)16(3)4/h3,6-15H2,1-2,4-5H3. The molecule has 1 atom stereocenters. The van der Waals surface area contributed by atoms with Gasteiger partial charge in [-0.15, -0.1) is 0 Å². The molecule has 0 N–H and O–H groups in total. The van der Waals surface area contributed by atoms with Crippen LogP contribution in [0.3, 0.4) is 0 Å². The molecule has 0 bridgehead atoms. The van der Waals surface area contributed by atoms with E-state index in [1.807, 2.05) is 0 Å². The molecule has 0 heterocycles. The highest BCUT2D eigenvalue weighted by Crippen LogP contribution is 2.26. The van der Waals surface area contributed by atoms with E-state index in [4.69, 9.17) is 4.74 Å². The first kappa shape index (κ1) is 19.2. The second-order valence-electron chi connectivity index (χ2n) is 6.24. The van der Waals surface area contributed by atoms with Crippen molar-refractivity contribution in [1.82, 2.24) is 0 Å². The smallest absolute Gasteiger partial charge is 0.333 e. The Morgan fingerprint density at radius 1 is 0.950 bits per heavy atom. The average molecular weight is 282 g/mol. The highest BCUT2D eigenvalue weighted by atomic mass is 16.6. The molecule has 0 amide bonds. The monoisotopic (exact) mass is 282 g/mol. The summed E-state index contributed by atoms with van der Waals surface area (Å²) in [5, 5.41) is 0. The van der Waals surface area contributed by atoms with Crippen LogP contribution in [0.15, 0.2) is 12.2 Å². The lowest BCUT2D eigenvalue weighted by Crippen LogP contribution is -2.32. The minimum Gasteiger partial charge on any atom is -0.456 e. The Kier molecular flexibility index (Phi) is 10.5. The number of hydrogen-bond acceptors (Lipinski definition) is 2. The van der Waals surface area contributed by atoms with Gasteiger partial charge in [0.2, 0.25) is 0 Å². The Hall–Kier alpha value is -0.790. The normalized spacial score (nSPS) is 13.8. The lowest BCUT2D eigenvalue weighted by molar-refractivity contribution is -0.154. The molecule has 0 aliphatic heterocycles. The molecular weight excluding hydrogens is 248 g/mol. The van der Waals surface area contributed by atoms with Crippen molar-refractivity contribution in [1.29, 1.82) is 0 Å². The van der Waals surface area contributed by atoms with E-state index in [2.05, 4.69) is 27.4 Å². The molecule has 0 saturated carbocycles. The van der Waals surface area contributed by atoms with E-state index >= 15 is 0 Å². The lowest BCUT2D eigenvalue weighted by atomic mass is 9.92. The van der Waals surface area contributed by atoms with Crippen molar-refractivity contribution in [3.05, 3.63) is 12.2 Å². The molecule has 0 rings (SSSR count). The van der Waals surface area contributed by atoms with E-state index in [1.165, 1.54) is 38.5 Å². The highest BCUT2D eigenvalue weighted by molar-refractivity contribution is 5.87. The van der Waals surface area contributed by atoms with Gasteiger partial charge in [0.05, 0.1) is 0 Å². The number of unbranched alkanes of at least 4 members (excludes halogenated alkanes) is 6. The summed E-state index contributed by atoms with van der Waals surface area (Å²) in [6.45, 7) is 11.8. The van der Waals surface area contributed by atoms with Crippen LogP contribution in [0, 0.1) is 0 Å².